The van der Waals surface area contributed by atoms with Crippen LogP contribution in [-0.4, -0.2) is 47.8 Å². The molecular weight excluding hydrogens is 349 g/mol. The number of carboxylic acid groups (broad SMARTS) is 1. The van der Waals surface area contributed by atoms with Crippen LogP contribution in [0.1, 0.15) is 22.3 Å². The van der Waals surface area contributed by atoms with Crippen LogP contribution in [-0.2, 0) is 11.2 Å². The number of nitrogens with one attached hydrogen (secondary N) is 1. The van der Waals surface area contributed by atoms with Crippen molar-refractivity contribution in [2.45, 2.75) is 33.4 Å². The molecule has 0 aromatic heterocycles. The molecule has 1 aromatic carbocycles. The van der Waals surface area contributed by atoms with Crippen LogP contribution in [0.25, 0.3) is 0 Å². The van der Waals surface area contributed by atoms with Crippen molar-refractivity contribution in [1.29, 1.82) is 0 Å². The first-order valence-corrected chi connectivity index (χ1v) is 8.39. The highest BCUT2D eigenvalue weighted by Gasteiger charge is 2.53. The molecule has 0 aliphatic carbocycles. The minimum atomic E-state index is -4.64. The van der Waals surface area contributed by atoms with Gasteiger partial charge in [-0.15, -0.1) is 0 Å². The predicted octanol–water partition coefficient (Wildman–Crippen LogP) is 3.06. The predicted molar refractivity (Wildman–Crippen MR) is 90.0 cm³/mol. The zero-order valence-corrected chi connectivity index (χ0v) is 15.0. The number of aliphatic carboxylic acids is 1. The lowest BCUT2D eigenvalue weighted by molar-refractivity contribution is -0.187. The number of urea groups is 1. The summed E-state index contributed by atoms with van der Waals surface area (Å²) in [5.41, 5.74) is 4.43. The monoisotopic (exact) mass is 372 g/mol. The molecule has 0 radical (unpaired) electrons. The van der Waals surface area contributed by atoms with Crippen LogP contribution in [0.4, 0.5) is 18.0 Å². The highest BCUT2D eigenvalue weighted by atomic mass is 19.4. The van der Waals surface area contributed by atoms with Gasteiger partial charge in [-0.05, 0) is 43.9 Å². The van der Waals surface area contributed by atoms with Crippen molar-refractivity contribution in [3.8, 4) is 0 Å². The molecule has 2 rings (SSSR count). The Morgan fingerprint density at radius 2 is 1.77 bits per heavy atom. The molecule has 144 valence electrons. The second-order valence-corrected chi connectivity index (χ2v) is 6.86. The van der Waals surface area contributed by atoms with Crippen molar-refractivity contribution in [3.05, 3.63) is 34.4 Å². The van der Waals surface area contributed by atoms with Crippen LogP contribution in [0.3, 0.4) is 0 Å². The van der Waals surface area contributed by atoms with E-state index in [-0.39, 0.29) is 6.54 Å². The van der Waals surface area contributed by atoms with Gasteiger partial charge in [0, 0.05) is 19.6 Å². The number of carbonyl (C=O) groups is 2. The molecule has 0 unspecified atom stereocenters. The van der Waals surface area contributed by atoms with E-state index >= 15 is 0 Å². The molecule has 1 saturated heterocycles. The number of hydrogen-bond donors (Lipinski definition) is 2. The molecular formula is C18H23F3N2O3. The maximum atomic E-state index is 13.0. The first-order chi connectivity index (χ1) is 12.0. The molecule has 2 N–H and O–H groups in total. The van der Waals surface area contributed by atoms with Crippen molar-refractivity contribution < 1.29 is 27.9 Å². The molecule has 1 aliphatic heterocycles. The normalized spacial score (nSPS) is 20.3. The van der Waals surface area contributed by atoms with Crippen molar-refractivity contribution in [3.63, 3.8) is 0 Å². The van der Waals surface area contributed by atoms with Crippen LogP contribution in [0.2, 0.25) is 0 Å². The lowest BCUT2D eigenvalue weighted by Gasteiger charge is -2.19. The van der Waals surface area contributed by atoms with E-state index in [1.807, 2.05) is 32.9 Å². The molecule has 1 fully saturated rings. The zero-order valence-electron chi connectivity index (χ0n) is 15.0. The van der Waals surface area contributed by atoms with Gasteiger partial charge in [0.1, 0.15) is 0 Å². The number of benzene rings is 1. The molecule has 8 heteroatoms. The number of halogens is 3. The summed E-state index contributed by atoms with van der Waals surface area (Å²) in [5.74, 6) is -5.19. The van der Waals surface area contributed by atoms with E-state index in [2.05, 4.69) is 5.32 Å². The zero-order chi connectivity index (χ0) is 19.6. The van der Waals surface area contributed by atoms with Gasteiger partial charge in [-0.3, -0.25) is 4.79 Å². The molecule has 0 bridgehead atoms. The Bertz CT molecular complexity index is 680. The number of rotatable bonds is 4. The van der Waals surface area contributed by atoms with Crippen LogP contribution >= 0.6 is 0 Å². The summed E-state index contributed by atoms with van der Waals surface area (Å²) in [6.45, 7) is 5.15. The Hall–Kier alpha value is -2.25. The highest BCUT2D eigenvalue weighted by molar-refractivity contribution is 5.77. The number of likely N-dealkylation sites (tertiary alicyclic amines) is 1. The number of amides is 2. The average molecular weight is 372 g/mol. The smallest absolute Gasteiger partial charge is 0.394 e. The van der Waals surface area contributed by atoms with Gasteiger partial charge in [0.15, 0.2) is 0 Å². The lowest BCUT2D eigenvalue weighted by atomic mass is 9.96. The van der Waals surface area contributed by atoms with Gasteiger partial charge in [-0.2, -0.15) is 13.2 Å². The second-order valence-electron chi connectivity index (χ2n) is 6.86. The van der Waals surface area contributed by atoms with Crippen LogP contribution in [0.5, 0.6) is 0 Å². The molecule has 26 heavy (non-hydrogen) atoms. The third kappa shape index (κ3) is 4.47. The van der Waals surface area contributed by atoms with Crippen molar-refractivity contribution >= 4 is 12.0 Å². The second kappa shape index (κ2) is 7.55. The molecule has 0 spiro atoms. The fraction of sp³-hybridized carbons (Fsp3) is 0.556. The van der Waals surface area contributed by atoms with E-state index in [1.54, 1.807) is 0 Å². The number of alkyl halides is 3. The first-order valence-electron chi connectivity index (χ1n) is 8.39. The quantitative estimate of drug-likeness (QED) is 0.854. The summed E-state index contributed by atoms with van der Waals surface area (Å²) in [5, 5.41) is 11.6. The Morgan fingerprint density at radius 3 is 2.23 bits per heavy atom. The number of carbonyl (C=O) groups excluding carboxylic acids is 1. The highest BCUT2D eigenvalue weighted by Crippen LogP contribution is 2.37. The van der Waals surface area contributed by atoms with Crippen molar-refractivity contribution in [1.82, 2.24) is 10.2 Å². The van der Waals surface area contributed by atoms with Gasteiger partial charge >= 0.3 is 18.2 Å². The third-order valence-electron chi connectivity index (χ3n) is 4.84. The molecule has 1 aliphatic rings. The summed E-state index contributed by atoms with van der Waals surface area (Å²) in [7, 11) is 0. The fourth-order valence-corrected chi connectivity index (χ4v) is 3.56. The van der Waals surface area contributed by atoms with E-state index in [9.17, 15) is 22.8 Å². The Morgan fingerprint density at radius 1 is 1.19 bits per heavy atom. The molecule has 2 amide bonds. The Labute approximate surface area is 150 Å². The maximum Gasteiger partial charge on any atom is 0.394 e. The van der Waals surface area contributed by atoms with Gasteiger partial charge < -0.3 is 15.3 Å². The van der Waals surface area contributed by atoms with E-state index in [0.29, 0.717) is 6.42 Å². The van der Waals surface area contributed by atoms with Crippen molar-refractivity contribution in [2.75, 3.05) is 19.6 Å². The van der Waals surface area contributed by atoms with Gasteiger partial charge in [-0.1, -0.05) is 17.7 Å². The van der Waals surface area contributed by atoms with Gasteiger partial charge in [0.25, 0.3) is 0 Å². The van der Waals surface area contributed by atoms with Crippen molar-refractivity contribution in [2.24, 2.45) is 11.8 Å². The SMILES string of the molecule is Cc1cc(C)c(CCNC(=O)N2C[C@@H](C(F)(F)F)[C@H](C(=O)O)C2)c(C)c1. The van der Waals surface area contributed by atoms with E-state index < -0.39 is 43.1 Å². The summed E-state index contributed by atoms with van der Waals surface area (Å²) in [6.07, 6.45) is -4.09. The summed E-state index contributed by atoms with van der Waals surface area (Å²) >= 11 is 0. The number of carboxylic acids is 1. The average Bonchev–Trinajstić information content (AvgIpc) is 2.95. The van der Waals surface area contributed by atoms with E-state index in [0.717, 1.165) is 27.2 Å². The fourth-order valence-electron chi connectivity index (χ4n) is 3.56. The summed E-state index contributed by atoms with van der Waals surface area (Å²) < 4.78 is 38.9. The molecule has 5 nitrogen and oxygen atoms in total. The summed E-state index contributed by atoms with van der Waals surface area (Å²) in [6, 6.07) is 3.41. The Balaban J connectivity index is 1.96. The van der Waals surface area contributed by atoms with Gasteiger partial charge in [0.2, 0.25) is 0 Å². The molecule has 1 aromatic rings. The van der Waals surface area contributed by atoms with Crippen LogP contribution in [0.15, 0.2) is 12.1 Å². The van der Waals surface area contributed by atoms with Crippen LogP contribution in [0, 0.1) is 32.6 Å². The number of nitrogens with zero attached hydrogens (tertiary/aromatic N) is 1. The molecule has 2 atom stereocenters. The minimum Gasteiger partial charge on any atom is -0.481 e. The largest absolute Gasteiger partial charge is 0.481 e. The number of hydrogen-bond acceptors (Lipinski definition) is 2. The van der Waals surface area contributed by atoms with E-state index in [4.69, 9.17) is 5.11 Å². The third-order valence-corrected chi connectivity index (χ3v) is 4.84. The molecule has 0 saturated carbocycles. The van der Waals surface area contributed by atoms with Gasteiger partial charge in [-0.25, -0.2) is 4.79 Å². The first kappa shape index (κ1) is 20.1. The molecule has 1 heterocycles. The van der Waals surface area contributed by atoms with E-state index in [1.165, 1.54) is 0 Å². The Kier molecular flexibility index (Phi) is 5.83. The van der Waals surface area contributed by atoms with Gasteiger partial charge in [0.05, 0.1) is 11.8 Å². The lowest BCUT2D eigenvalue weighted by Crippen LogP contribution is -2.40. The topological polar surface area (TPSA) is 69.6 Å². The maximum absolute atomic E-state index is 13.0. The minimum absolute atomic E-state index is 0.272. The van der Waals surface area contributed by atoms with Crippen LogP contribution < -0.4 is 5.32 Å². The number of aryl methyl sites for hydroxylation is 3. The standard InChI is InChI=1S/C18H23F3N2O3/c1-10-6-11(2)13(12(3)7-10)4-5-22-17(26)23-8-14(16(24)25)15(9-23)18(19,20)21/h6-7,14-15H,4-5,8-9H2,1-3H3,(H,22,26)(H,24,25)/t14-,15-/m1/s1. The summed E-state index contributed by atoms with van der Waals surface area (Å²) in [4.78, 5) is 24.2.